The van der Waals surface area contributed by atoms with E-state index >= 15 is 0 Å². The van der Waals surface area contributed by atoms with Crippen LogP contribution in [0.15, 0.2) is 67.2 Å². The van der Waals surface area contributed by atoms with Crippen LogP contribution < -0.4 is 10.6 Å². The lowest BCUT2D eigenvalue weighted by molar-refractivity contribution is 0.0873. The van der Waals surface area contributed by atoms with Crippen molar-refractivity contribution in [3.05, 3.63) is 78.6 Å². The Kier molecular flexibility index (Phi) is 7.31. The first-order chi connectivity index (χ1) is 16.8. The van der Waals surface area contributed by atoms with Gasteiger partial charge in [-0.15, -0.1) is 5.10 Å². The van der Waals surface area contributed by atoms with Crippen LogP contribution in [0.5, 0.6) is 0 Å². The fourth-order valence-electron chi connectivity index (χ4n) is 3.79. The van der Waals surface area contributed by atoms with Crippen LogP contribution in [0.1, 0.15) is 42.4 Å². The number of pyridine rings is 1. The van der Waals surface area contributed by atoms with Gasteiger partial charge in [-0.1, -0.05) is 24.8 Å². The number of anilines is 2. The van der Waals surface area contributed by atoms with Crippen LogP contribution in [-0.4, -0.2) is 49.2 Å². The molecule has 182 valence electrons. The maximum Gasteiger partial charge on any atom is 0.259 e. The van der Waals surface area contributed by atoms with Gasteiger partial charge in [0.2, 0.25) is 0 Å². The van der Waals surface area contributed by atoms with Gasteiger partial charge in [-0.3, -0.25) is 9.78 Å². The quantitative estimate of drug-likeness (QED) is 0.416. The Bertz CT molecular complexity index is 1300. The molecule has 2 unspecified atom stereocenters. The molecule has 0 aromatic carbocycles. The summed E-state index contributed by atoms with van der Waals surface area (Å²) in [6.07, 6.45) is 8.24. The maximum atomic E-state index is 12.9. The number of carbonyl (C=O) groups is 1. The van der Waals surface area contributed by atoms with Gasteiger partial charge in [0.15, 0.2) is 11.6 Å². The van der Waals surface area contributed by atoms with Crippen molar-refractivity contribution in [3.63, 3.8) is 0 Å². The summed E-state index contributed by atoms with van der Waals surface area (Å²) in [5.41, 5.74) is 1.81. The number of nitrogens with one attached hydrogen (secondary N) is 2. The van der Waals surface area contributed by atoms with Crippen LogP contribution in [-0.2, 0) is 0 Å². The highest BCUT2D eigenvalue weighted by molar-refractivity contribution is 6.00. The van der Waals surface area contributed by atoms with Crippen molar-refractivity contribution in [1.29, 1.82) is 0 Å². The first kappa shape index (κ1) is 24.2. The fourth-order valence-corrected chi connectivity index (χ4v) is 3.79. The minimum Gasteiger partial charge on any atom is -0.391 e. The number of allylic oxidation sites excluding steroid dienone is 5. The topological polar surface area (TPSA) is 104 Å². The van der Waals surface area contributed by atoms with Crippen molar-refractivity contribution >= 4 is 28.5 Å². The molecule has 0 aliphatic heterocycles. The second-order valence-corrected chi connectivity index (χ2v) is 8.34. The summed E-state index contributed by atoms with van der Waals surface area (Å²) in [6.45, 7) is 5.29. The average Bonchev–Trinajstić information content (AvgIpc) is 3.48. The van der Waals surface area contributed by atoms with E-state index in [1.54, 1.807) is 35.1 Å². The number of amides is 1. The van der Waals surface area contributed by atoms with E-state index in [1.165, 1.54) is 25.3 Å². The highest BCUT2D eigenvalue weighted by atomic mass is 19.3. The van der Waals surface area contributed by atoms with Crippen LogP contribution in [0.4, 0.5) is 20.3 Å². The second-order valence-electron chi connectivity index (χ2n) is 8.34. The molecule has 35 heavy (non-hydrogen) atoms. The number of hydrogen-bond acceptors (Lipinski definition) is 6. The van der Waals surface area contributed by atoms with Crippen LogP contribution in [0.3, 0.4) is 0 Å². The van der Waals surface area contributed by atoms with Gasteiger partial charge in [-0.2, -0.15) is 0 Å². The SMILES string of the molecule is C=C(/C=C\C=C(/C)C(F)F)c1nc(Nc2ccncc2C(=O)NC2CCCC2O)c2cccn2n1. The molecule has 1 aliphatic carbocycles. The third-order valence-corrected chi connectivity index (χ3v) is 5.79. The summed E-state index contributed by atoms with van der Waals surface area (Å²) < 4.78 is 27.0. The zero-order chi connectivity index (χ0) is 24.9. The molecule has 0 saturated heterocycles. The summed E-state index contributed by atoms with van der Waals surface area (Å²) in [7, 11) is 0. The van der Waals surface area contributed by atoms with Gasteiger partial charge in [-0.05, 0) is 50.0 Å². The van der Waals surface area contributed by atoms with E-state index in [-0.39, 0.29) is 23.3 Å². The van der Waals surface area contributed by atoms with Gasteiger partial charge < -0.3 is 15.7 Å². The van der Waals surface area contributed by atoms with Crippen molar-refractivity contribution in [2.45, 2.75) is 44.8 Å². The molecule has 2 atom stereocenters. The van der Waals surface area contributed by atoms with E-state index < -0.39 is 12.5 Å². The molecule has 3 N–H and O–H groups in total. The Hall–Kier alpha value is -3.92. The number of halogens is 2. The number of nitrogens with zero attached hydrogens (tertiary/aromatic N) is 4. The monoisotopic (exact) mass is 480 g/mol. The first-order valence-corrected chi connectivity index (χ1v) is 11.2. The Balaban J connectivity index is 1.61. The molecule has 1 saturated carbocycles. The van der Waals surface area contributed by atoms with Crippen molar-refractivity contribution in [3.8, 4) is 0 Å². The molecule has 0 bridgehead atoms. The standard InChI is InChI=1S/C25H26F2N6O2/c1-15(22(26)27)6-3-7-16(2)23-31-24(20-9-5-13-33(20)32-23)29-18-11-12-28-14-17(18)25(35)30-19-8-4-10-21(19)34/h3,5-7,9,11-14,19,21-22,34H,2,4,8,10H2,1H3,(H,30,35)(H,28,29,31,32)/b7-3-,15-6+. The lowest BCUT2D eigenvalue weighted by atomic mass is 10.1. The Morgan fingerprint density at radius 2 is 2.17 bits per heavy atom. The number of rotatable bonds is 8. The first-order valence-electron chi connectivity index (χ1n) is 11.2. The molecule has 4 rings (SSSR count). The van der Waals surface area contributed by atoms with Gasteiger partial charge in [-0.25, -0.2) is 18.3 Å². The van der Waals surface area contributed by atoms with Crippen LogP contribution in [0.2, 0.25) is 0 Å². The number of aliphatic hydroxyl groups excluding tert-OH is 1. The zero-order valence-electron chi connectivity index (χ0n) is 19.2. The fraction of sp³-hybridized carbons (Fsp3) is 0.280. The molecule has 0 spiro atoms. The number of alkyl halides is 2. The predicted octanol–water partition coefficient (Wildman–Crippen LogP) is 4.29. The zero-order valence-corrected chi connectivity index (χ0v) is 19.2. The molecule has 1 amide bonds. The Morgan fingerprint density at radius 3 is 2.91 bits per heavy atom. The number of hydrogen-bond donors (Lipinski definition) is 3. The minimum atomic E-state index is -2.53. The lowest BCUT2D eigenvalue weighted by Crippen LogP contribution is -2.40. The molecule has 8 nitrogen and oxygen atoms in total. The summed E-state index contributed by atoms with van der Waals surface area (Å²) >= 11 is 0. The molecule has 3 aromatic heterocycles. The number of aliphatic hydroxyl groups is 1. The van der Waals surface area contributed by atoms with Gasteiger partial charge in [0.1, 0.15) is 5.52 Å². The highest BCUT2D eigenvalue weighted by Crippen LogP contribution is 2.25. The van der Waals surface area contributed by atoms with Gasteiger partial charge in [0.05, 0.1) is 23.4 Å². The van der Waals surface area contributed by atoms with Crippen molar-refractivity contribution in [1.82, 2.24) is 24.9 Å². The number of fused-ring (bicyclic) bond motifs is 1. The maximum absolute atomic E-state index is 12.9. The molecule has 3 aromatic rings. The van der Waals surface area contributed by atoms with E-state index in [0.29, 0.717) is 34.6 Å². The van der Waals surface area contributed by atoms with Crippen LogP contribution in [0, 0.1) is 0 Å². The van der Waals surface area contributed by atoms with E-state index in [4.69, 9.17) is 0 Å². The summed E-state index contributed by atoms with van der Waals surface area (Å²) in [5, 5.41) is 20.6. The van der Waals surface area contributed by atoms with Crippen molar-refractivity contribution < 1.29 is 18.7 Å². The Labute approximate surface area is 201 Å². The minimum absolute atomic E-state index is 0.0631. The molecule has 0 radical (unpaired) electrons. The van der Waals surface area contributed by atoms with E-state index in [1.807, 2.05) is 6.07 Å². The molecule has 1 fully saturated rings. The number of carbonyl (C=O) groups excluding carboxylic acids is 1. The van der Waals surface area contributed by atoms with E-state index in [0.717, 1.165) is 12.8 Å². The van der Waals surface area contributed by atoms with Crippen LogP contribution >= 0.6 is 0 Å². The smallest absolute Gasteiger partial charge is 0.259 e. The Morgan fingerprint density at radius 1 is 1.34 bits per heavy atom. The van der Waals surface area contributed by atoms with E-state index in [9.17, 15) is 18.7 Å². The van der Waals surface area contributed by atoms with Crippen molar-refractivity contribution in [2.24, 2.45) is 0 Å². The van der Waals surface area contributed by atoms with Gasteiger partial charge in [0, 0.05) is 24.2 Å². The molecule has 10 heteroatoms. The molecular formula is C25H26F2N6O2. The lowest BCUT2D eigenvalue weighted by Gasteiger charge is -2.18. The van der Waals surface area contributed by atoms with Crippen molar-refractivity contribution in [2.75, 3.05) is 5.32 Å². The van der Waals surface area contributed by atoms with E-state index in [2.05, 4.69) is 32.3 Å². The molecule has 3 heterocycles. The predicted molar refractivity (Wildman–Crippen MR) is 130 cm³/mol. The summed E-state index contributed by atoms with van der Waals surface area (Å²) in [5.74, 6) is 0.362. The average molecular weight is 481 g/mol. The van der Waals surface area contributed by atoms with Gasteiger partial charge >= 0.3 is 0 Å². The summed E-state index contributed by atoms with van der Waals surface area (Å²) in [6, 6.07) is 4.98. The summed E-state index contributed by atoms with van der Waals surface area (Å²) in [4.78, 5) is 21.6. The largest absolute Gasteiger partial charge is 0.391 e. The third-order valence-electron chi connectivity index (χ3n) is 5.79. The highest BCUT2D eigenvalue weighted by Gasteiger charge is 2.27. The van der Waals surface area contributed by atoms with Crippen LogP contribution in [0.25, 0.3) is 11.1 Å². The normalized spacial score (nSPS) is 18.5. The van der Waals surface area contributed by atoms with Gasteiger partial charge in [0.25, 0.3) is 12.3 Å². The third kappa shape index (κ3) is 5.60. The molecule has 1 aliphatic rings. The molecular weight excluding hydrogens is 454 g/mol. The number of aromatic nitrogens is 4. The second kappa shape index (κ2) is 10.6.